The van der Waals surface area contributed by atoms with E-state index in [2.05, 4.69) is 5.32 Å². The van der Waals surface area contributed by atoms with E-state index >= 15 is 0 Å². The minimum atomic E-state index is -3.90. The van der Waals surface area contributed by atoms with Crippen LogP contribution in [-0.2, 0) is 15.4 Å². The number of piperidine rings is 1. The second-order valence-electron chi connectivity index (χ2n) is 8.91. The molecule has 160 valence electrons. The summed E-state index contributed by atoms with van der Waals surface area (Å²) in [4.78, 5) is 0.0930. The number of rotatable bonds is 4. The summed E-state index contributed by atoms with van der Waals surface area (Å²) in [5.74, 6) is 0.0284. The van der Waals surface area contributed by atoms with Gasteiger partial charge in [-0.1, -0.05) is 23.2 Å². The van der Waals surface area contributed by atoms with Gasteiger partial charge in [-0.05, 0) is 69.1 Å². The number of nitrogens with zero attached hydrogens (tertiary/aromatic N) is 1. The first-order valence-corrected chi connectivity index (χ1v) is 12.6. The van der Waals surface area contributed by atoms with Crippen LogP contribution in [-0.4, -0.2) is 34.6 Å². The molecule has 2 fully saturated rings. The van der Waals surface area contributed by atoms with Gasteiger partial charge in [-0.15, -0.1) is 0 Å². The standard InChI is InChI=1S/C22H24Cl2FN2O2S/c23-16-3-6-21(19(24)11-16)30(28,29)27(13-15-1-2-15)14-22(7-9-26-10-8-22)18-12-17(25)4-5-20(18)27/h3-6,11-12,15,26H,1-2,7-10,13-14H2/q+1. The number of hydrogen-bond donors (Lipinski definition) is 1. The van der Waals surface area contributed by atoms with E-state index in [-0.39, 0.29) is 25.0 Å². The molecule has 0 amide bonds. The molecule has 30 heavy (non-hydrogen) atoms. The molecule has 1 saturated carbocycles. The minimum Gasteiger partial charge on any atom is -0.317 e. The molecule has 1 saturated heterocycles. The van der Waals surface area contributed by atoms with Crippen molar-refractivity contribution in [3.8, 4) is 0 Å². The molecular formula is C22H24Cl2FN2O2S+. The summed E-state index contributed by atoms with van der Waals surface area (Å²) in [6, 6.07) is 9.18. The van der Waals surface area contributed by atoms with Crippen LogP contribution < -0.4 is 9.21 Å². The normalized spacial score (nSPS) is 25.4. The predicted octanol–water partition coefficient (Wildman–Crippen LogP) is 4.87. The summed E-state index contributed by atoms with van der Waals surface area (Å²) < 4.78 is 42.7. The summed E-state index contributed by atoms with van der Waals surface area (Å²) in [5.41, 5.74) is 1.19. The van der Waals surface area contributed by atoms with Gasteiger partial charge in [-0.25, -0.2) is 4.39 Å². The van der Waals surface area contributed by atoms with E-state index in [0.29, 0.717) is 29.7 Å². The van der Waals surface area contributed by atoms with E-state index in [1.807, 2.05) is 0 Å². The van der Waals surface area contributed by atoms with Crippen LogP contribution in [0.5, 0.6) is 0 Å². The fourth-order valence-electron chi connectivity index (χ4n) is 5.35. The lowest BCUT2D eigenvalue weighted by Crippen LogP contribution is -2.57. The maximum absolute atomic E-state index is 14.3. The average Bonchev–Trinajstić information content (AvgIpc) is 3.47. The summed E-state index contributed by atoms with van der Waals surface area (Å²) in [5, 5.41) is 3.89. The lowest BCUT2D eigenvalue weighted by molar-refractivity contribution is 0.268. The second kappa shape index (κ2) is 7.17. The van der Waals surface area contributed by atoms with Crippen LogP contribution in [0, 0.1) is 11.7 Å². The van der Waals surface area contributed by atoms with Crippen molar-refractivity contribution < 1.29 is 12.8 Å². The molecular weight excluding hydrogens is 446 g/mol. The van der Waals surface area contributed by atoms with E-state index in [1.54, 1.807) is 18.2 Å². The summed E-state index contributed by atoms with van der Waals surface area (Å²) in [7, 11) is -3.90. The van der Waals surface area contributed by atoms with Gasteiger partial charge in [0.15, 0.2) is 5.69 Å². The van der Waals surface area contributed by atoms with Crippen LogP contribution in [0.15, 0.2) is 41.3 Å². The van der Waals surface area contributed by atoms with Gasteiger partial charge >= 0.3 is 10.0 Å². The molecule has 1 N–H and O–H groups in total. The smallest absolute Gasteiger partial charge is 0.317 e. The lowest BCUT2D eigenvalue weighted by atomic mass is 9.75. The Hall–Kier alpha value is -1.18. The van der Waals surface area contributed by atoms with Crippen molar-refractivity contribution >= 4 is 38.9 Å². The van der Waals surface area contributed by atoms with Crippen molar-refractivity contribution in [2.24, 2.45) is 5.92 Å². The Bertz CT molecular complexity index is 1110. The first-order valence-electron chi connectivity index (χ1n) is 10.4. The van der Waals surface area contributed by atoms with Crippen LogP contribution in [0.3, 0.4) is 0 Å². The Balaban J connectivity index is 1.75. The van der Waals surface area contributed by atoms with Crippen LogP contribution >= 0.6 is 23.2 Å². The molecule has 5 rings (SSSR count). The molecule has 2 heterocycles. The average molecular weight is 470 g/mol. The van der Waals surface area contributed by atoms with E-state index in [4.69, 9.17) is 23.2 Å². The Morgan fingerprint density at radius 2 is 1.83 bits per heavy atom. The topological polar surface area (TPSA) is 46.2 Å². The Morgan fingerprint density at radius 3 is 2.50 bits per heavy atom. The first kappa shape index (κ1) is 20.7. The lowest BCUT2D eigenvalue weighted by Gasteiger charge is -2.38. The number of sulfonamides is 1. The molecule has 1 unspecified atom stereocenters. The highest BCUT2D eigenvalue weighted by atomic mass is 35.5. The zero-order valence-corrected chi connectivity index (χ0v) is 18.8. The zero-order chi connectivity index (χ0) is 21.1. The number of fused-ring (bicyclic) bond motifs is 2. The Kier molecular flexibility index (Phi) is 4.95. The fraction of sp³-hybridized carbons (Fsp3) is 0.455. The second-order valence-corrected chi connectivity index (χ2v) is 11.8. The third kappa shape index (κ3) is 3.11. The Morgan fingerprint density at radius 1 is 1.10 bits per heavy atom. The number of benzene rings is 2. The molecule has 2 aromatic carbocycles. The molecule has 0 bridgehead atoms. The van der Waals surface area contributed by atoms with Gasteiger partial charge in [-0.2, -0.15) is 12.3 Å². The summed E-state index contributed by atoms with van der Waals surface area (Å²) in [6.45, 7) is 2.50. The predicted molar refractivity (Wildman–Crippen MR) is 118 cm³/mol. The van der Waals surface area contributed by atoms with Crippen molar-refractivity contribution in [2.45, 2.75) is 36.0 Å². The van der Waals surface area contributed by atoms with Gasteiger partial charge < -0.3 is 5.32 Å². The van der Waals surface area contributed by atoms with Gasteiger partial charge in [-0.3, -0.25) is 0 Å². The van der Waals surface area contributed by atoms with Gasteiger partial charge in [0.2, 0.25) is 0 Å². The molecule has 1 aliphatic carbocycles. The quantitative estimate of drug-likeness (QED) is 0.649. The van der Waals surface area contributed by atoms with Gasteiger partial charge in [0, 0.05) is 22.6 Å². The van der Waals surface area contributed by atoms with Crippen molar-refractivity contribution in [1.29, 1.82) is 0 Å². The molecule has 2 aliphatic heterocycles. The third-order valence-corrected chi connectivity index (χ3v) is 9.94. The molecule has 1 spiro atoms. The van der Waals surface area contributed by atoms with Crippen molar-refractivity contribution in [3.05, 3.63) is 57.8 Å². The van der Waals surface area contributed by atoms with Crippen LogP contribution in [0.25, 0.3) is 0 Å². The molecule has 3 aliphatic rings. The van der Waals surface area contributed by atoms with E-state index in [0.717, 1.165) is 44.3 Å². The highest BCUT2D eigenvalue weighted by Crippen LogP contribution is 2.54. The van der Waals surface area contributed by atoms with Crippen molar-refractivity contribution in [1.82, 2.24) is 9.21 Å². The van der Waals surface area contributed by atoms with E-state index < -0.39 is 10.0 Å². The van der Waals surface area contributed by atoms with E-state index in [9.17, 15) is 12.8 Å². The minimum absolute atomic E-state index is 0.0930. The fourth-order valence-corrected chi connectivity index (χ4v) is 8.21. The highest BCUT2D eigenvalue weighted by Gasteiger charge is 2.61. The van der Waals surface area contributed by atoms with Crippen molar-refractivity contribution in [2.75, 3.05) is 26.2 Å². The third-order valence-electron chi connectivity index (χ3n) is 6.97. The molecule has 0 aromatic heterocycles. The van der Waals surface area contributed by atoms with Crippen LogP contribution in [0.2, 0.25) is 10.0 Å². The van der Waals surface area contributed by atoms with Gasteiger partial charge in [0.1, 0.15) is 23.8 Å². The maximum Gasteiger partial charge on any atom is 0.333 e. The first-order chi connectivity index (χ1) is 14.3. The number of quaternary nitrogens is 1. The monoisotopic (exact) mass is 469 g/mol. The van der Waals surface area contributed by atoms with Gasteiger partial charge in [0.25, 0.3) is 0 Å². The summed E-state index contributed by atoms with van der Waals surface area (Å²) >= 11 is 12.4. The zero-order valence-electron chi connectivity index (χ0n) is 16.5. The SMILES string of the molecule is O=S(=O)(c1ccc(Cl)cc1Cl)[N+]1(CC2CC2)CC2(CCNCC2)c2cc(F)ccc21. The molecule has 2 aromatic rings. The number of nitrogens with one attached hydrogen (secondary N) is 1. The van der Waals surface area contributed by atoms with E-state index in [1.165, 1.54) is 18.2 Å². The highest BCUT2D eigenvalue weighted by molar-refractivity contribution is 7.91. The summed E-state index contributed by atoms with van der Waals surface area (Å²) in [6.07, 6.45) is 3.62. The Labute approximate surface area is 186 Å². The maximum atomic E-state index is 14.3. The molecule has 1 atom stereocenters. The van der Waals surface area contributed by atoms with Crippen LogP contribution in [0.1, 0.15) is 31.2 Å². The van der Waals surface area contributed by atoms with Crippen molar-refractivity contribution in [3.63, 3.8) is 0 Å². The molecule has 0 radical (unpaired) electrons. The number of halogens is 3. The van der Waals surface area contributed by atoms with Gasteiger partial charge in [0.05, 0.1) is 10.4 Å². The number of hydrogen-bond acceptors (Lipinski definition) is 3. The van der Waals surface area contributed by atoms with Crippen LogP contribution in [0.4, 0.5) is 10.1 Å². The molecule has 4 nitrogen and oxygen atoms in total. The largest absolute Gasteiger partial charge is 0.333 e. The molecule has 8 heteroatoms.